The summed E-state index contributed by atoms with van der Waals surface area (Å²) >= 11 is 0. The molecule has 1 aliphatic heterocycles. The van der Waals surface area contributed by atoms with E-state index in [0.717, 1.165) is 0 Å². The summed E-state index contributed by atoms with van der Waals surface area (Å²) in [5.41, 5.74) is 0.668. The highest BCUT2D eigenvalue weighted by Crippen LogP contribution is 2.45. The van der Waals surface area contributed by atoms with Gasteiger partial charge in [0.1, 0.15) is 0 Å². The van der Waals surface area contributed by atoms with Gasteiger partial charge in [-0.05, 0) is 57.9 Å². The molecule has 0 aromatic rings. The van der Waals surface area contributed by atoms with Crippen LogP contribution in [0.1, 0.15) is 78.6 Å². The highest BCUT2D eigenvalue weighted by molar-refractivity contribution is 4.93. The maximum atomic E-state index is 6.52. The lowest BCUT2D eigenvalue weighted by atomic mass is 9.80. The average molecular weight is 267 g/mol. The van der Waals surface area contributed by atoms with Crippen LogP contribution in [0, 0.1) is 5.41 Å². The zero-order valence-corrected chi connectivity index (χ0v) is 13.4. The van der Waals surface area contributed by atoms with Gasteiger partial charge in [-0.25, -0.2) is 0 Å². The molecule has 0 amide bonds. The van der Waals surface area contributed by atoms with Crippen molar-refractivity contribution >= 4 is 0 Å². The first kappa shape index (κ1) is 15.3. The Morgan fingerprint density at radius 3 is 2.53 bits per heavy atom. The second kappa shape index (κ2) is 6.13. The molecule has 2 unspecified atom stereocenters. The molecule has 0 radical (unpaired) electrons. The van der Waals surface area contributed by atoms with Crippen molar-refractivity contribution in [3.8, 4) is 0 Å². The largest absolute Gasteiger partial charge is 0.372 e. The van der Waals surface area contributed by atoms with Gasteiger partial charge in [0.2, 0.25) is 0 Å². The molecule has 1 saturated heterocycles. The molecule has 19 heavy (non-hydrogen) atoms. The van der Waals surface area contributed by atoms with Crippen molar-refractivity contribution in [2.75, 3.05) is 7.05 Å². The number of nitrogens with one attached hydrogen (secondary N) is 1. The van der Waals surface area contributed by atoms with Crippen LogP contribution in [0.25, 0.3) is 0 Å². The Labute approximate surface area is 119 Å². The van der Waals surface area contributed by atoms with Gasteiger partial charge in [0.15, 0.2) is 0 Å². The van der Waals surface area contributed by atoms with Crippen LogP contribution in [0.5, 0.6) is 0 Å². The lowest BCUT2D eigenvalue weighted by Crippen LogP contribution is -2.34. The number of hydrogen-bond acceptors (Lipinski definition) is 2. The molecule has 112 valence electrons. The van der Waals surface area contributed by atoms with E-state index in [0.29, 0.717) is 17.6 Å². The Bertz CT molecular complexity index is 281. The summed E-state index contributed by atoms with van der Waals surface area (Å²) in [4.78, 5) is 0. The molecule has 1 spiro atoms. The van der Waals surface area contributed by atoms with Crippen molar-refractivity contribution in [3.05, 3.63) is 0 Å². The smallest absolute Gasteiger partial charge is 0.0687 e. The second-order valence-electron chi connectivity index (χ2n) is 7.78. The van der Waals surface area contributed by atoms with Gasteiger partial charge in [0.25, 0.3) is 0 Å². The van der Waals surface area contributed by atoms with Crippen LogP contribution >= 0.6 is 0 Å². The zero-order chi connectivity index (χ0) is 13.9. The molecular formula is C17H33NO. The van der Waals surface area contributed by atoms with E-state index in [1.807, 2.05) is 0 Å². The Hall–Kier alpha value is -0.0800. The lowest BCUT2D eigenvalue weighted by molar-refractivity contribution is -0.0755. The first-order valence-electron chi connectivity index (χ1n) is 8.30. The monoisotopic (exact) mass is 267 g/mol. The van der Waals surface area contributed by atoms with E-state index in [1.54, 1.807) is 0 Å². The van der Waals surface area contributed by atoms with Crippen molar-refractivity contribution in [1.82, 2.24) is 5.32 Å². The molecule has 0 aromatic heterocycles. The number of ether oxygens (including phenoxy) is 1. The summed E-state index contributed by atoms with van der Waals surface area (Å²) in [6.07, 6.45) is 12.4. The number of hydrogen-bond donors (Lipinski definition) is 1. The maximum Gasteiger partial charge on any atom is 0.0687 e. The van der Waals surface area contributed by atoms with Crippen LogP contribution in [0.3, 0.4) is 0 Å². The topological polar surface area (TPSA) is 21.3 Å². The SMILES string of the molecule is CNC(C)CC(C)(C)CC1CCC2(CCCCC2)O1. The van der Waals surface area contributed by atoms with Gasteiger partial charge in [-0.1, -0.05) is 33.1 Å². The summed E-state index contributed by atoms with van der Waals surface area (Å²) in [5, 5.41) is 3.36. The normalized spacial score (nSPS) is 28.7. The third-order valence-corrected chi connectivity index (χ3v) is 5.24. The van der Waals surface area contributed by atoms with Crippen molar-refractivity contribution in [3.63, 3.8) is 0 Å². The van der Waals surface area contributed by atoms with Gasteiger partial charge in [-0.15, -0.1) is 0 Å². The minimum Gasteiger partial charge on any atom is -0.372 e. The van der Waals surface area contributed by atoms with E-state index in [-0.39, 0.29) is 5.60 Å². The Morgan fingerprint density at radius 2 is 1.89 bits per heavy atom. The second-order valence-corrected chi connectivity index (χ2v) is 7.78. The van der Waals surface area contributed by atoms with Crippen LogP contribution in [0.15, 0.2) is 0 Å². The molecule has 2 fully saturated rings. The van der Waals surface area contributed by atoms with Crippen LogP contribution in [0.2, 0.25) is 0 Å². The fourth-order valence-electron chi connectivity index (χ4n) is 4.23. The first-order chi connectivity index (χ1) is 8.95. The molecule has 0 aromatic carbocycles. The quantitative estimate of drug-likeness (QED) is 0.802. The fraction of sp³-hybridized carbons (Fsp3) is 1.00. The first-order valence-corrected chi connectivity index (χ1v) is 8.30. The van der Waals surface area contributed by atoms with E-state index in [9.17, 15) is 0 Å². The molecule has 1 saturated carbocycles. The summed E-state index contributed by atoms with van der Waals surface area (Å²) in [5.74, 6) is 0. The van der Waals surface area contributed by atoms with Crippen LogP contribution in [-0.4, -0.2) is 24.8 Å². The predicted molar refractivity (Wildman–Crippen MR) is 81.5 cm³/mol. The van der Waals surface area contributed by atoms with Gasteiger partial charge in [0.05, 0.1) is 11.7 Å². The van der Waals surface area contributed by atoms with E-state index in [4.69, 9.17) is 4.74 Å². The van der Waals surface area contributed by atoms with Crippen molar-refractivity contribution < 1.29 is 4.74 Å². The molecule has 1 heterocycles. The van der Waals surface area contributed by atoms with Gasteiger partial charge in [-0.2, -0.15) is 0 Å². The average Bonchev–Trinajstić information content (AvgIpc) is 2.71. The van der Waals surface area contributed by atoms with E-state index in [2.05, 4.69) is 33.1 Å². The molecule has 2 rings (SSSR count). The van der Waals surface area contributed by atoms with Crippen molar-refractivity contribution in [1.29, 1.82) is 0 Å². The molecule has 1 N–H and O–H groups in total. The Morgan fingerprint density at radius 1 is 1.21 bits per heavy atom. The predicted octanol–water partition coefficient (Wildman–Crippen LogP) is 4.28. The summed E-state index contributed by atoms with van der Waals surface area (Å²) in [7, 11) is 2.06. The third-order valence-electron chi connectivity index (χ3n) is 5.24. The van der Waals surface area contributed by atoms with E-state index >= 15 is 0 Å². The standard InChI is InChI=1S/C17H33NO/c1-14(18-4)12-16(2,3)13-15-8-11-17(19-15)9-6-5-7-10-17/h14-15,18H,5-13H2,1-4H3. The Balaban J connectivity index is 1.83. The van der Waals surface area contributed by atoms with Gasteiger partial charge < -0.3 is 10.1 Å². The van der Waals surface area contributed by atoms with Crippen LogP contribution < -0.4 is 5.32 Å². The fourth-order valence-corrected chi connectivity index (χ4v) is 4.23. The molecule has 0 bridgehead atoms. The summed E-state index contributed by atoms with van der Waals surface area (Å²) in [6, 6.07) is 0.597. The Kier molecular flexibility index (Phi) is 4.94. The van der Waals surface area contributed by atoms with E-state index < -0.39 is 0 Å². The van der Waals surface area contributed by atoms with Gasteiger partial charge >= 0.3 is 0 Å². The van der Waals surface area contributed by atoms with Crippen LogP contribution in [-0.2, 0) is 4.74 Å². The highest BCUT2D eigenvalue weighted by atomic mass is 16.5. The summed E-state index contributed by atoms with van der Waals surface area (Å²) < 4.78 is 6.52. The molecule has 1 aliphatic carbocycles. The van der Waals surface area contributed by atoms with Gasteiger partial charge in [0, 0.05) is 6.04 Å². The highest BCUT2D eigenvalue weighted by Gasteiger charge is 2.42. The van der Waals surface area contributed by atoms with Gasteiger partial charge in [-0.3, -0.25) is 0 Å². The minimum absolute atomic E-state index is 0.285. The zero-order valence-electron chi connectivity index (χ0n) is 13.4. The molecule has 2 nitrogen and oxygen atoms in total. The van der Waals surface area contributed by atoms with Crippen molar-refractivity contribution in [2.24, 2.45) is 5.41 Å². The van der Waals surface area contributed by atoms with E-state index in [1.165, 1.54) is 57.8 Å². The summed E-state index contributed by atoms with van der Waals surface area (Å²) in [6.45, 7) is 7.08. The maximum absolute atomic E-state index is 6.52. The molecule has 2 heteroatoms. The number of rotatable bonds is 5. The molecule has 2 atom stereocenters. The lowest BCUT2D eigenvalue weighted by Gasteiger charge is -2.35. The minimum atomic E-state index is 0.285. The van der Waals surface area contributed by atoms with Crippen LogP contribution in [0.4, 0.5) is 0 Å². The molecular weight excluding hydrogens is 234 g/mol. The molecule has 2 aliphatic rings. The third kappa shape index (κ3) is 4.19. The van der Waals surface area contributed by atoms with Crippen molar-refractivity contribution in [2.45, 2.75) is 96.3 Å².